The van der Waals surface area contributed by atoms with Crippen molar-refractivity contribution in [1.82, 2.24) is 0 Å². The first kappa shape index (κ1) is 43.2. The highest BCUT2D eigenvalue weighted by atomic mass is 28.4. The molecule has 316 valence electrons. The second kappa shape index (κ2) is 19.2. The fraction of sp³-hybridized carbons (Fsp3) is 0.204. The van der Waals surface area contributed by atoms with E-state index in [1.54, 1.807) is 91.0 Å². The summed E-state index contributed by atoms with van der Waals surface area (Å²) in [6.45, 7) is 6.10. The molecule has 62 heavy (non-hydrogen) atoms. The minimum atomic E-state index is -3.29. The highest BCUT2D eigenvalue weighted by Gasteiger charge is 2.56. The van der Waals surface area contributed by atoms with E-state index in [-0.39, 0.29) is 34.7 Å². The number of ether oxygens (including phenoxy) is 5. The number of carbonyl (C=O) groups excluding carboxylic acids is 3. The summed E-state index contributed by atoms with van der Waals surface area (Å²) in [6.07, 6.45) is -7.38. The fourth-order valence-corrected chi connectivity index (χ4v) is 12.1. The molecule has 0 unspecified atom stereocenters. The molecule has 0 N–H and O–H groups in total. The third-order valence-electron chi connectivity index (χ3n) is 10.5. The van der Waals surface area contributed by atoms with Crippen LogP contribution in [0.15, 0.2) is 176 Å². The SMILES string of the molecule is CC(C)(C)[Si](OC[C@H]1O[C@@H](Oc2ccc([N+](=O)[O-])cc2)[C@H](OC(=O)c2ccccc2)[C@@H](OC(=O)c2ccccc2)[C@@H]1OC(=O)c1ccccc1)(c1ccccc1)c1ccccc1. The van der Waals surface area contributed by atoms with Crippen LogP contribution in [0.1, 0.15) is 51.8 Å². The predicted molar refractivity (Wildman–Crippen MR) is 233 cm³/mol. The molecular weight excluding hydrogens is 807 g/mol. The number of nitro groups is 1. The molecule has 7 rings (SSSR count). The molecule has 1 aliphatic heterocycles. The zero-order valence-corrected chi connectivity index (χ0v) is 35.3. The van der Waals surface area contributed by atoms with Gasteiger partial charge in [0.25, 0.3) is 14.0 Å². The first-order valence-electron chi connectivity index (χ1n) is 20.0. The van der Waals surface area contributed by atoms with Crippen LogP contribution in [0.4, 0.5) is 5.69 Å². The van der Waals surface area contributed by atoms with Gasteiger partial charge in [-0.2, -0.15) is 0 Å². The molecule has 0 aliphatic carbocycles. The monoisotopic (exact) mass is 851 g/mol. The summed E-state index contributed by atoms with van der Waals surface area (Å²) in [7, 11) is -3.29. The van der Waals surface area contributed by atoms with Gasteiger partial charge in [-0.25, -0.2) is 14.4 Å². The van der Waals surface area contributed by atoms with E-state index in [2.05, 4.69) is 20.8 Å². The Bertz CT molecular complexity index is 2390. The predicted octanol–water partition coefficient (Wildman–Crippen LogP) is 7.95. The van der Waals surface area contributed by atoms with Gasteiger partial charge in [-0.3, -0.25) is 10.1 Å². The third-order valence-corrected chi connectivity index (χ3v) is 15.5. The number of benzene rings is 6. The first-order valence-corrected chi connectivity index (χ1v) is 21.9. The summed E-state index contributed by atoms with van der Waals surface area (Å²) in [6, 6.07) is 49.7. The lowest BCUT2D eigenvalue weighted by Crippen LogP contribution is -2.69. The van der Waals surface area contributed by atoms with Crippen molar-refractivity contribution in [2.24, 2.45) is 0 Å². The third kappa shape index (κ3) is 9.65. The molecular formula is C49H45NO11Si. The zero-order chi connectivity index (χ0) is 43.7. The van der Waals surface area contributed by atoms with Crippen LogP contribution in [-0.4, -0.2) is 68.5 Å². The Morgan fingerprint density at radius 1 is 0.565 bits per heavy atom. The van der Waals surface area contributed by atoms with Crippen molar-refractivity contribution in [2.45, 2.75) is 56.5 Å². The average molecular weight is 852 g/mol. The van der Waals surface area contributed by atoms with Gasteiger partial charge >= 0.3 is 17.9 Å². The molecule has 5 atom stereocenters. The largest absolute Gasteiger partial charge is 0.461 e. The van der Waals surface area contributed by atoms with Gasteiger partial charge in [0.15, 0.2) is 12.2 Å². The summed E-state index contributed by atoms with van der Waals surface area (Å²) in [5.74, 6) is -2.27. The average Bonchev–Trinajstić information content (AvgIpc) is 3.29. The van der Waals surface area contributed by atoms with Gasteiger partial charge in [-0.15, -0.1) is 0 Å². The zero-order valence-electron chi connectivity index (χ0n) is 34.3. The molecule has 0 aromatic heterocycles. The van der Waals surface area contributed by atoms with E-state index in [0.717, 1.165) is 10.4 Å². The van der Waals surface area contributed by atoms with Crippen molar-refractivity contribution in [3.8, 4) is 5.75 Å². The minimum Gasteiger partial charge on any atom is -0.461 e. The number of hydrogen-bond acceptors (Lipinski definition) is 11. The Hall–Kier alpha value is -6.93. The second-order valence-electron chi connectivity index (χ2n) is 15.6. The standard InChI is InChI=1S/C49H45NO11Si/c1-49(2,3)62(39-25-15-7-16-26-39,40-27-17-8-18-28-40)56-33-41-42(59-45(51)34-19-9-4-10-20-34)43(60-46(52)35-21-11-5-12-22-35)44(61-47(53)36-23-13-6-14-24-36)48(58-41)57-38-31-29-37(30-32-38)50(54)55/h4-32,41-44,48H,33H2,1-3H3/t41-,42-,43+,44-,48-/m1/s1. The number of rotatable bonds is 14. The summed E-state index contributed by atoms with van der Waals surface area (Å²) < 4.78 is 39.3. The van der Waals surface area contributed by atoms with Gasteiger partial charge in [0.2, 0.25) is 12.4 Å². The smallest absolute Gasteiger partial charge is 0.338 e. The van der Waals surface area contributed by atoms with Crippen LogP contribution in [0, 0.1) is 10.1 Å². The van der Waals surface area contributed by atoms with Crippen molar-refractivity contribution in [1.29, 1.82) is 0 Å². The van der Waals surface area contributed by atoms with Crippen molar-refractivity contribution < 1.29 is 47.4 Å². The van der Waals surface area contributed by atoms with Crippen LogP contribution >= 0.6 is 0 Å². The summed E-state index contributed by atoms with van der Waals surface area (Å²) in [5, 5.41) is 13.0. The highest BCUT2D eigenvalue weighted by Crippen LogP contribution is 2.39. The van der Waals surface area contributed by atoms with E-state index in [9.17, 15) is 24.5 Å². The van der Waals surface area contributed by atoms with Crippen molar-refractivity contribution in [3.05, 3.63) is 203 Å². The number of carbonyl (C=O) groups is 3. The van der Waals surface area contributed by atoms with Crippen LogP contribution in [0.25, 0.3) is 0 Å². The lowest BCUT2D eigenvalue weighted by Gasteiger charge is -2.47. The van der Waals surface area contributed by atoms with Gasteiger partial charge in [-0.1, -0.05) is 136 Å². The molecule has 1 saturated heterocycles. The molecule has 1 aliphatic rings. The fourth-order valence-electron chi connectivity index (χ4n) is 7.56. The highest BCUT2D eigenvalue weighted by molar-refractivity contribution is 6.99. The molecule has 6 aromatic rings. The molecule has 0 amide bonds. The molecule has 0 saturated carbocycles. The van der Waals surface area contributed by atoms with Crippen LogP contribution in [0.2, 0.25) is 5.04 Å². The van der Waals surface area contributed by atoms with Crippen LogP contribution in [0.5, 0.6) is 5.75 Å². The number of non-ortho nitro benzene ring substituents is 1. The van der Waals surface area contributed by atoms with Crippen molar-refractivity contribution >= 4 is 42.3 Å². The van der Waals surface area contributed by atoms with Crippen LogP contribution < -0.4 is 15.1 Å². The minimum absolute atomic E-state index is 0.112. The number of esters is 3. The maximum absolute atomic E-state index is 14.1. The van der Waals surface area contributed by atoms with Crippen LogP contribution in [-0.2, 0) is 23.4 Å². The van der Waals surface area contributed by atoms with Crippen molar-refractivity contribution in [3.63, 3.8) is 0 Å². The van der Waals surface area contributed by atoms with Gasteiger partial charge in [0.05, 0.1) is 28.2 Å². The van der Waals surface area contributed by atoms with E-state index in [0.29, 0.717) is 0 Å². The topological polar surface area (TPSA) is 150 Å². The first-order chi connectivity index (χ1) is 29.9. The van der Waals surface area contributed by atoms with E-state index in [4.69, 9.17) is 28.1 Å². The summed E-state index contributed by atoms with van der Waals surface area (Å²) in [5.41, 5.74) is 0.361. The Kier molecular flexibility index (Phi) is 13.4. The summed E-state index contributed by atoms with van der Waals surface area (Å²) in [4.78, 5) is 53.2. The van der Waals surface area contributed by atoms with E-state index in [1.807, 2.05) is 60.7 Å². The molecule has 0 bridgehead atoms. The van der Waals surface area contributed by atoms with E-state index in [1.165, 1.54) is 24.3 Å². The number of hydrogen-bond donors (Lipinski definition) is 0. The second-order valence-corrected chi connectivity index (χ2v) is 19.9. The van der Waals surface area contributed by atoms with Gasteiger partial charge in [0.1, 0.15) is 11.9 Å². The molecule has 0 spiro atoms. The number of nitrogens with zero attached hydrogens (tertiary/aromatic N) is 1. The van der Waals surface area contributed by atoms with Crippen LogP contribution in [0.3, 0.4) is 0 Å². The Labute approximate surface area is 360 Å². The lowest BCUT2D eigenvalue weighted by atomic mass is 9.97. The molecule has 12 nitrogen and oxygen atoms in total. The van der Waals surface area contributed by atoms with Gasteiger partial charge in [-0.05, 0) is 63.9 Å². The maximum atomic E-state index is 14.1. The maximum Gasteiger partial charge on any atom is 0.338 e. The van der Waals surface area contributed by atoms with Gasteiger partial charge < -0.3 is 28.1 Å². The molecule has 1 heterocycles. The van der Waals surface area contributed by atoms with Crippen molar-refractivity contribution in [2.75, 3.05) is 6.61 Å². The normalized spacial score (nSPS) is 18.8. The molecule has 1 fully saturated rings. The van der Waals surface area contributed by atoms with E-state index >= 15 is 0 Å². The quantitative estimate of drug-likeness (QED) is 0.0346. The Balaban J connectivity index is 1.38. The summed E-state index contributed by atoms with van der Waals surface area (Å²) >= 11 is 0. The lowest BCUT2D eigenvalue weighted by molar-refractivity contribution is -0.384. The molecule has 13 heteroatoms. The van der Waals surface area contributed by atoms with Gasteiger partial charge in [0, 0.05) is 12.1 Å². The molecule has 6 aromatic carbocycles. The molecule has 0 radical (unpaired) electrons. The Morgan fingerprint density at radius 2 is 0.952 bits per heavy atom. The number of nitro benzene ring substituents is 1. The Morgan fingerprint density at radius 3 is 1.35 bits per heavy atom. The van der Waals surface area contributed by atoms with E-state index < -0.39 is 66.9 Å².